The summed E-state index contributed by atoms with van der Waals surface area (Å²) < 4.78 is 5.83. The zero-order valence-electron chi connectivity index (χ0n) is 14.1. The van der Waals surface area contributed by atoms with Crippen molar-refractivity contribution < 1.29 is 9.53 Å². The number of halogens is 1. The average molecular weight is 364 g/mol. The molecule has 0 heterocycles. The number of carbonyl (C=O) groups excluding carboxylic acids is 1. The summed E-state index contributed by atoms with van der Waals surface area (Å²) in [5.74, 6) is 1.46. The van der Waals surface area contributed by atoms with E-state index in [1.807, 2.05) is 78.9 Å². The Morgan fingerprint density at radius 1 is 0.885 bits per heavy atom. The number of ether oxygens (including phenoxy) is 1. The van der Waals surface area contributed by atoms with Gasteiger partial charge in [-0.2, -0.15) is 0 Å². The van der Waals surface area contributed by atoms with Crippen molar-refractivity contribution in [3.05, 3.63) is 89.4 Å². The van der Waals surface area contributed by atoms with Crippen molar-refractivity contribution in [3.8, 4) is 11.5 Å². The van der Waals surface area contributed by atoms with Crippen LogP contribution < -0.4 is 10.1 Å². The Bertz CT molecular complexity index is 918. The Hall–Kier alpha value is -2.78. The summed E-state index contributed by atoms with van der Waals surface area (Å²) in [6, 6.07) is 24.5. The third-order valence-corrected chi connectivity index (χ3v) is 4.90. The van der Waals surface area contributed by atoms with Gasteiger partial charge in [0, 0.05) is 16.8 Å². The van der Waals surface area contributed by atoms with Crippen molar-refractivity contribution in [1.29, 1.82) is 0 Å². The predicted octanol–water partition coefficient (Wildman–Crippen LogP) is 5.80. The summed E-state index contributed by atoms with van der Waals surface area (Å²) in [7, 11) is 0. The van der Waals surface area contributed by atoms with Gasteiger partial charge in [-0.15, -0.1) is 0 Å². The van der Waals surface area contributed by atoms with Gasteiger partial charge in [0.15, 0.2) is 0 Å². The highest BCUT2D eigenvalue weighted by atomic mass is 35.5. The lowest BCUT2D eigenvalue weighted by Crippen LogP contribution is -2.27. The highest BCUT2D eigenvalue weighted by Gasteiger charge is 2.51. The van der Waals surface area contributed by atoms with Crippen LogP contribution >= 0.6 is 11.6 Å². The van der Waals surface area contributed by atoms with E-state index in [4.69, 9.17) is 16.3 Å². The molecular weight excluding hydrogens is 346 g/mol. The molecule has 0 spiro atoms. The van der Waals surface area contributed by atoms with Crippen LogP contribution in [-0.2, 0) is 10.2 Å². The fourth-order valence-electron chi connectivity index (χ4n) is 3.05. The fraction of sp³-hybridized carbons (Fsp3) is 0.136. The molecule has 26 heavy (non-hydrogen) atoms. The van der Waals surface area contributed by atoms with Crippen LogP contribution in [-0.4, -0.2) is 5.91 Å². The lowest BCUT2D eigenvalue weighted by Gasteiger charge is -2.16. The van der Waals surface area contributed by atoms with E-state index in [1.54, 1.807) is 0 Å². The lowest BCUT2D eigenvalue weighted by atomic mass is 9.95. The maximum atomic E-state index is 12.9. The van der Waals surface area contributed by atoms with E-state index in [2.05, 4.69) is 5.32 Å². The molecule has 0 unspecified atom stereocenters. The van der Waals surface area contributed by atoms with Crippen LogP contribution in [0.25, 0.3) is 0 Å². The molecule has 4 rings (SSSR count). The molecule has 0 aliphatic heterocycles. The molecule has 1 saturated carbocycles. The molecule has 1 aliphatic rings. The Morgan fingerprint density at radius 2 is 1.58 bits per heavy atom. The summed E-state index contributed by atoms with van der Waals surface area (Å²) in [5, 5.41) is 3.71. The van der Waals surface area contributed by atoms with E-state index in [0.29, 0.717) is 10.8 Å². The zero-order chi connectivity index (χ0) is 18.0. The van der Waals surface area contributed by atoms with Gasteiger partial charge in [-0.05, 0) is 54.8 Å². The molecular formula is C22H18ClNO2. The van der Waals surface area contributed by atoms with E-state index < -0.39 is 5.41 Å². The van der Waals surface area contributed by atoms with Gasteiger partial charge in [0.05, 0.1) is 5.41 Å². The Morgan fingerprint density at radius 3 is 2.27 bits per heavy atom. The van der Waals surface area contributed by atoms with Gasteiger partial charge in [-0.25, -0.2) is 0 Å². The normalized spacial score (nSPS) is 14.5. The first-order valence-electron chi connectivity index (χ1n) is 8.56. The van der Waals surface area contributed by atoms with Gasteiger partial charge < -0.3 is 10.1 Å². The van der Waals surface area contributed by atoms with Crippen molar-refractivity contribution in [3.63, 3.8) is 0 Å². The topological polar surface area (TPSA) is 38.3 Å². The van der Waals surface area contributed by atoms with E-state index in [0.717, 1.165) is 29.8 Å². The number of nitrogens with one attached hydrogen (secondary N) is 1. The smallest absolute Gasteiger partial charge is 0.235 e. The highest BCUT2D eigenvalue weighted by Crippen LogP contribution is 2.49. The van der Waals surface area contributed by atoms with Crippen LogP contribution in [0.1, 0.15) is 18.4 Å². The van der Waals surface area contributed by atoms with Crippen LogP contribution in [0, 0.1) is 0 Å². The molecule has 3 nitrogen and oxygen atoms in total. The Labute approximate surface area is 157 Å². The number of anilines is 1. The van der Waals surface area contributed by atoms with E-state index >= 15 is 0 Å². The van der Waals surface area contributed by atoms with Crippen LogP contribution in [0.4, 0.5) is 5.69 Å². The minimum atomic E-state index is -0.444. The highest BCUT2D eigenvalue weighted by molar-refractivity contribution is 6.30. The van der Waals surface area contributed by atoms with Crippen molar-refractivity contribution >= 4 is 23.2 Å². The standard InChI is InChI=1S/C22H18ClNO2/c23-17-11-9-16(10-12-17)22(13-14-22)21(25)24-18-5-4-8-20(15-18)26-19-6-2-1-3-7-19/h1-12,15H,13-14H2,(H,24,25). The third kappa shape index (κ3) is 3.44. The maximum Gasteiger partial charge on any atom is 0.235 e. The van der Waals surface area contributed by atoms with Gasteiger partial charge in [0.25, 0.3) is 0 Å². The second kappa shape index (κ2) is 6.85. The first-order chi connectivity index (χ1) is 12.7. The molecule has 0 radical (unpaired) electrons. The molecule has 0 saturated heterocycles. The first kappa shape index (κ1) is 16.7. The summed E-state index contributed by atoms with van der Waals surface area (Å²) in [6.07, 6.45) is 1.70. The molecule has 3 aromatic rings. The number of hydrogen-bond donors (Lipinski definition) is 1. The van der Waals surface area contributed by atoms with Crippen molar-refractivity contribution in [2.45, 2.75) is 18.3 Å². The molecule has 0 aromatic heterocycles. The van der Waals surface area contributed by atoms with Crippen molar-refractivity contribution in [1.82, 2.24) is 0 Å². The second-order valence-corrected chi connectivity index (χ2v) is 6.92. The van der Waals surface area contributed by atoms with Gasteiger partial charge in [0.1, 0.15) is 11.5 Å². The molecule has 0 atom stereocenters. The summed E-state index contributed by atoms with van der Waals surface area (Å²) in [5.41, 5.74) is 1.29. The van der Waals surface area contributed by atoms with Gasteiger partial charge in [-0.3, -0.25) is 4.79 Å². The fourth-order valence-corrected chi connectivity index (χ4v) is 3.18. The number of amides is 1. The minimum Gasteiger partial charge on any atom is -0.457 e. The molecule has 0 bridgehead atoms. The van der Waals surface area contributed by atoms with Crippen LogP contribution in [0.2, 0.25) is 5.02 Å². The zero-order valence-corrected chi connectivity index (χ0v) is 14.9. The first-order valence-corrected chi connectivity index (χ1v) is 8.94. The van der Waals surface area contributed by atoms with Crippen LogP contribution in [0.3, 0.4) is 0 Å². The van der Waals surface area contributed by atoms with Crippen LogP contribution in [0.5, 0.6) is 11.5 Å². The maximum absolute atomic E-state index is 12.9. The average Bonchev–Trinajstić information content (AvgIpc) is 3.45. The predicted molar refractivity (Wildman–Crippen MR) is 104 cm³/mol. The Balaban J connectivity index is 1.49. The number of benzene rings is 3. The summed E-state index contributed by atoms with van der Waals surface area (Å²) in [4.78, 5) is 12.9. The van der Waals surface area contributed by atoms with E-state index in [9.17, 15) is 4.79 Å². The van der Waals surface area contributed by atoms with Crippen LogP contribution in [0.15, 0.2) is 78.9 Å². The summed E-state index contributed by atoms with van der Waals surface area (Å²) in [6.45, 7) is 0. The number of hydrogen-bond acceptors (Lipinski definition) is 2. The lowest BCUT2D eigenvalue weighted by molar-refractivity contribution is -0.118. The van der Waals surface area contributed by atoms with Gasteiger partial charge >= 0.3 is 0 Å². The van der Waals surface area contributed by atoms with Crippen molar-refractivity contribution in [2.75, 3.05) is 5.32 Å². The summed E-state index contributed by atoms with van der Waals surface area (Å²) >= 11 is 5.96. The largest absolute Gasteiger partial charge is 0.457 e. The monoisotopic (exact) mass is 363 g/mol. The molecule has 1 aliphatic carbocycles. The third-order valence-electron chi connectivity index (χ3n) is 4.65. The van der Waals surface area contributed by atoms with Gasteiger partial charge in [0.2, 0.25) is 5.91 Å². The quantitative estimate of drug-likeness (QED) is 0.621. The number of carbonyl (C=O) groups is 1. The molecule has 3 aromatic carbocycles. The Kier molecular flexibility index (Phi) is 4.39. The van der Waals surface area contributed by atoms with Crippen molar-refractivity contribution in [2.24, 2.45) is 0 Å². The molecule has 1 N–H and O–H groups in total. The molecule has 4 heteroatoms. The molecule has 1 amide bonds. The molecule has 130 valence electrons. The SMILES string of the molecule is O=C(Nc1cccc(Oc2ccccc2)c1)C1(c2ccc(Cl)cc2)CC1. The number of para-hydroxylation sites is 1. The number of rotatable bonds is 5. The minimum absolute atomic E-state index is 0.0108. The molecule has 1 fully saturated rings. The second-order valence-electron chi connectivity index (χ2n) is 6.49. The van der Waals surface area contributed by atoms with E-state index in [-0.39, 0.29) is 5.91 Å². The van der Waals surface area contributed by atoms with Gasteiger partial charge in [-0.1, -0.05) is 48.0 Å². The van der Waals surface area contributed by atoms with E-state index in [1.165, 1.54) is 0 Å².